The maximum Gasteiger partial charge on any atom is 0.429 e. The highest BCUT2D eigenvalue weighted by atomic mass is 16.7. The van der Waals surface area contributed by atoms with Crippen LogP contribution in [0.15, 0.2) is 0 Å². The average Bonchev–Trinajstić information content (AvgIpc) is 2.32. The van der Waals surface area contributed by atoms with Gasteiger partial charge < -0.3 is 10.6 Å². The van der Waals surface area contributed by atoms with Gasteiger partial charge in [-0.15, -0.1) is 0 Å². The number of hydroxylamine groups is 2. The molecule has 1 fully saturated rings. The van der Waals surface area contributed by atoms with Crippen molar-refractivity contribution >= 4 is 12.0 Å². The molecule has 1 atom stereocenters. The smallest absolute Gasteiger partial charge is 0.333 e. The first-order valence-electron chi connectivity index (χ1n) is 4.32. The molecular formula is C8H14N2O3. The summed E-state index contributed by atoms with van der Waals surface area (Å²) in [7, 11) is 0. The largest absolute Gasteiger partial charge is 0.429 e. The molecule has 0 aromatic heterocycles. The predicted octanol–water partition coefficient (Wildman–Crippen LogP) is 0.644. The molecule has 0 spiro atoms. The lowest BCUT2D eigenvalue weighted by Gasteiger charge is -2.24. The van der Waals surface area contributed by atoms with Crippen molar-refractivity contribution in [1.82, 2.24) is 5.06 Å². The van der Waals surface area contributed by atoms with Gasteiger partial charge in [-0.2, -0.15) is 5.06 Å². The number of hydrogen-bond donors (Lipinski definition) is 1. The van der Waals surface area contributed by atoms with E-state index in [0.29, 0.717) is 6.42 Å². The molecule has 0 aromatic carbocycles. The summed E-state index contributed by atoms with van der Waals surface area (Å²) in [5.74, 6) is 0.100. The van der Waals surface area contributed by atoms with E-state index in [4.69, 9.17) is 5.73 Å². The summed E-state index contributed by atoms with van der Waals surface area (Å²) in [5.41, 5.74) is 4.84. The average molecular weight is 186 g/mol. The van der Waals surface area contributed by atoms with Crippen molar-refractivity contribution in [2.24, 2.45) is 11.7 Å². The second-order valence-electron chi connectivity index (χ2n) is 3.48. The van der Waals surface area contributed by atoms with Gasteiger partial charge in [-0.05, 0) is 12.3 Å². The van der Waals surface area contributed by atoms with Crippen LogP contribution in [0.25, 0.3) is 0 Å². The van der Waals surface area contributed by atoms with E-state index in [1.54, 1.807) is 0 Å². The van der Waals surface area contributed by atoms with Crippen molar-refractivity contribution in [3.8, 4) is 0 Å². The fraction of sp³-hybridized carbons (Fsp3) is 0.750. The molecule has 1 rings (SSSR count). The minimum Gasteiger partial charge on any atom is -0.333 e. The fourth-order valence-electron chi connectivity index (χ4n) is 1.50. The van der Waals surface area contributed by atoms with Gasteiger partial charge in [0, 0.05) is 6.42 Å². The Balaban J connectivity index is 2.65. The maximum absolute atomic E-state index is 11.2. The van der Waals surface area contributed by atoms with Crippen LogP contribution in [0, 0.1) is 5.92 Å². The second-order valence-corrected chi connectivity index (χ2v) is 3.48. The van der Waals surface area contributed by atoms with Crippen LogP contribution >= 0.6 is 0 Å². The first-order valence-corrected chi connectivity index (χ1v) is 4.32. The summed E-state index contributed by atoms with van der Waals surface area (Å²) in [6, 6.07) is -0.0278. The molecule has 1 aliphatic heterocycles. The van der Waals surface area contributed by atoms with E-state index in [-0.39, 0.29) is 17.9 Å². The van der Waals surface area contributed by atoms with Crippen LogP contribution in [-0.4, -0.2) is 23.1 Å². The van der Waals surface area contributed by atoms with Crippen LogP contribution in [0.3, 0.4) is 0 Å². The molecule has 0 aromatic rings. The molecule has 1 unspecified atom stereocenters. The van der Waals surface area contributed by atoms with Crippen LogP contribution in [-0.2, 0) is 9.63 Å². The molecule has 5 nitrogen and oxygen atoms in total. The fourth-order valence-corrected chi connectivity index (χ4v) is 1.50. The summed E-state index contributed by atoms with van der Waals surface area (Å²) in [4.78, 5) is 26.3. The van der Waals surface area contributed by atoms with Gasteiger partial charge in [-0.25, -0.2) is 4.79 Å². The van der Waals surface area contributed by atoms with Crippen molar-refractivity contribution in [3.63, 3.8) is 0 Å². The van der Waals surface area contributed by atoms with Gasteiger partial charge in [-0.3, -0.25) is 4.79 Å². The maximum atomic E-state index is 11.2. The van der Waals surface area contributed by atoms with Gasteiger partial charge in [-0.1, -0.05) is 13.8 Å². The Hall–Kier alpha value is -1.26. The van der Waals surface area contributed by atoms with Crippen molar-refractivity contribution in [2.45, 2.75) is 32.7 Å². The Labute approximate surface area is 76.8 Å². The van der Waals surface area contributed by atoms with Crippen LogP contribution in [0.2, 0.25) is 0 Å². The zero-order chi connectivity index (χ0) is 10.0. The Bertz CT molecular complexity index is 227. The summed E-state index contributed by atoms with van der Waals surface area (Å²) >= 11 is 0. The highest BCUT2D eigenvalue weighted by Gasteiger charge is 2.35. The van der Waals surface area contributed by atoms with Crippen molar-refractivity contribution in [1.29, 1.82) is 0 Å². The van der Waals surface area contributed by atoms with E-state index >= 15 is 0 Å². The van der Waals surface area contributed by atoms with E-state index in [1.165, 1.54) is 0 Å². The van der Waals surface area contributed by atoms with Gasteiger partial charge in [0.1, 0.15) is 0 Å². The van der Waals surface area contributed by atoms with Crippen LogP contribution in [0.5, 0.6) is 0 Å². The third-order valence-corrected chi connectivity index (χ3v) is 2.16. The topological polar surface area (TPSA) is 72.6 Å². The normalized spacial score (nSPS) is 22.5. The van der Waals surface area contributed by atoms with Gasteiger partial charge >= 0.3 is 6.09 Å². The van der Waals surface area contributed by atoms with Gasteiger partial charge in [0.25, 0.3) is 5.91 Å². The van der Waals surface area contributed by atoms with Crippen molar-refractivity contribution in [2.75, 3.05) is 0 Å². The zero-order valence-electron chi connectivity index (χ0n) is 7.82. The molecule has 1 aliphatic rings. The number of carbonyl (C=O) groups is 2. The van der Waals surface area contributed by atoms with E-state index in [9.17, 15) is 9.59 Å². The lowest BCUT2D eigenvalue weighted by molar-refractivity contribution is -0.167. The van der Waals surface area contributed by atoms with Crippen LogP contribution < -0.4 is 5.73 Å². The lowest BCUT2D eigenvalue weighted by Crippen LogP contribution is -2.39. The van der Waals surface area contributed by atoms with Crippen LogP contribution in [0.4, 0.5) is 4.79 Å². The SMILES string of the molecule is CC(C)C1CCC(=O)N1OC(N)=O. The Morgan fingerprint density at radius 1 is 1.69 bits per heavy atom. The molecule has 1 heterocycles. The summed E-state index contributed by atoms with van der Waals surface area (Å²) < 4.78 is 0. The minimum absolute atomic E-state index is 0.0278. The zero-order valence-corrected chi connectivity index (χ0v) is 7.82. The quantitative estimate of drug-likeness (QED) is 0.687. The number of nitrogens with zero attached hydrogens (tertiary/aromatic N) is 1. The molecule has 2 N–H and O–H groups in total. The summed E-state index contributed by atoms with van der Waals surface area (Å²) in [5, 5.41) is 1.10. The molecule has 5 heteroatoms. The first kappa shape index (κ1) is 9.83. The molecular weight excluding hydrogens is 172 g/mol. The molecule has 0 aliphatic carbocycles. The third kappa shape index (κ3) is 2.11. The number of carbonyl (C=O) groups excluding carboxylic acids is 2. The predicted molar refractivity (Wildman–Crippen MR) is 45.4 cm³/mol. The van der Waals surface area contributed by atoms with Gasteiger partial charge in [0.2, 0.25) is 0 Å². The second kappa shape index (κ2) is 3.64. The van der Waals surface area contributed by atoms with Crippen LogP contribution in [0.1, 0.15) is 26.7 Å². The first-order chi connectivity index (χ1) is 6.02. The number of amides is 2. The summed E-state index contributed by atoms with van der Waals surface area (Å²) in [6.45, 7) is 3.95. The molecule has 0 saturated carbocycles. The standard InChI is InChI=1S/C8H14N2O3/c1-5(2)6-3-4-7(11)10(6)13-8(9)12/h5-6H,3-4H2,1-2H3,(H2,9,12). The van der Waals surface area contributed by atoms with E-state index in [0.717, 1.165) is 11.5 Å². The lowest BCUT2D eigenvalue weighted by atomic mass is 10.0. The van der Waals surface area contributed by atoms with Crippen molar-refractivity contribution < 1.29 is 14.4 Å². The molecule has 1 saturated heterocycles. The molecule has 2 amide bonds. The van der Waals surface area contributed by atoms with Crippen molar-refractivity contribution in [3.05, 3.63) is 0 Å². The monoisotopic (exact) mass is 186 g/mol. The molecule has 0 radical (unpaired) electrons. The van der Waals surface area contributed by atoms with E-state index < -0.39 is 6.09 Å². The molecule has 13 heavy (non-hydrogen) atoms. The van der Waals surface area contributed by atoms with Gasteiger partial charge in [0.05, 0.1) is 6.04 Å². The highest BCUT2D eigenvalue weighted by Crippen LogP contribution is 2.24. The Morgan fingerprint density at radius 2 is 2.31 bits per heavy atom. The Kier molecular flexibility index (Phi) is 2.75. The van der Waals surface area contributed by atoms with Gasteiger partial charge in [0.15, 0.2) is 0 Å². The number of rotatable bonds is 2. The molecule has 0 bridgehead atoms. The third-order valence-electron chi connectivity index (χ3n) is 2.16. The minimum atomic E-state index is -0.930. The van der Waals surface area contributed by atoms with E-state index in [1.807, 2.05) is 13.8 Å². The number of hydrogen-bond acceptors (Lipinski definition) is 3. The summed E-state index contributed by atoms with van der Waals surface area (Å²) in [6.07, 6.45) is 0.223. The van der Waals surface area contributed by atoms with E-state index in [2.05, 4.69) is 4.84 Å². The number of nitrogens with two attached hydrogens (primary N) is 1. The molecule has 74 valence electrons. The Morgan fingerprint density at radius 3 is 2.77 bits per heavy atom. The number of primary amides is 1. The highest BCUT2D eigenvalue weighted by molar-refractivity contribution is 5.79.